The molecule has 3 aromatic rings. The largest absolute Gasteiger partial charge is 0.355 e. The molecule has 1 aliphatic heterocycles. The van der Waals surface area contributed by atoms with E-state index in [1.54, 1.807) is 23.5 Å². The van der Waals surface area contributed by atoms with E-state index in [2.05, 4.69) is 5.16 Å². The van der Waals surface area contributed by atoms with Gasteiger partial charge in [0.2, 0.25) is 0 Å². The number of thiophene rings is 1. The summed E-state index contributed by atoms with van der Waals surface area (Å²) in [5.41, 5.74) is 1.28. The van der Waals surface area contributed by atoms with Crippen molar-refractivity contribution in [3.63, 3.8) is 0 Å². The fraction of sp³-hybridized carbons (Fsp3) is 0.300. The minimum absolute atomic E-state index is 0.0856. The molecule has 0 bridgehead atoms. The number of carbonyl (C=O) groups excluding carboxylic acids is 1. The molecule has 1 atom stereocenters. The van der Waals surface area contributed by atoms with Gasteiger partial charge >= 0.3 is 0 Å². The van der Waals surface area contributed by atoms with E-state index in [4.69, 9.17) is 4.52 Å². The number of rotatable bonds is 3. The highest BCUT2D eigenvalue weighted by Gasteiger charge is 2.30. The second kappa shape index (κ2) is 7.41. The van der Waals surface area contributed by atoms with Gasteiger partial charge in [-0.1, -0.05) is 24.1 Å². The summed E-state index contributed by atoms with van der Waals surface area (Å²) in [6.07, 6.45) is 3.93. The smallest absolute Gasteiger partial charge is 0.254 e. The van der Waals surface area contributed by atoms with Crippen LogP contribution in [0, 0.1) is 5.82 Å². The van der Waals surface area contributed by atoms with Gasteiger partial charge in [-0.15, -0.1) is 11.3 Å². The van der Waals surface area contributed by atoms with Crippen LogP contribution < -0.4 is 0 Å². The van der Waals surface area contributed by atoms with Crippen LogP contribution in [0.4, 0.5) is 4.39 Å². The first-order valence-electron chi connectivity index (χ1n) is 8.79. The van der Waals surface area contributed by atoms with Crippen LogP contribution in [0.15, 0.2) is 52.4 Å². The van der Waals surface area contributed by atoms with Gasteiger partial charge in [-0.2, -0.15) is 0 Å². The van der Waals surface area contributed by atoms with Crippen molar-refractivity contribution in [1.29, 1.82) is 0 Å². The van der Waals surface area contributed by atoms with Crippen molar-refractivity contribution in [2.45, 2.75) is 31.7 Å². The molecular formula is C20H19FN2O2S. The number of amides is 1. The summed E-state index contributed by atoms with van der Waals surface area (Å²) in [7, 11) is 0. The van der Waals surface area contributed by atoms with E-state index >= 15 is 0 Å². The Morgan fingerprint density at radius 2 is 2.04 bits per heavy atom. The number of nitrogens with zero attached hydrogens (tertiary/aromatic N) is 2. The molecule has 0 aliphatic carbocycles. The van der Waals surface area contributed by atoms with Gasteiger partial charge < -0.3 is 9.42 Å². The van der Waals surface area contributed by atoms with Crippen molar-refractivity contribution in [2.24, 2.45) is 0 Å². The van der Waals surface area contributed by atoms with Crippen LogP contribution in [-0.4, -0.2) is 22.5 Å². The highest BCUT2D eigenvalue weighted by Crippen LogP contribution is 2.34. The third kappa shape index (κ3) is 3.42. The number of hydrogen-bond acceptors (Lipinski definition) is 4. The van der Waals surface area contributed by atoms with E-state index in [1.165, 1.54) is 12.1 Å². The van der Waals surface area contributed by atoms with Crippen LogP contribution in [0.25, 0.3) is 10.6 Å². The molecule has 0 spiro atoms. The van der Waals surface area contributed by atoms with Gasteiger partial charge in [-0.25, -0.2) is 4.39 Å². The lowest BCUT2D eigenvalue weighted by molar-refractivity contribution is 0.0674. The Kier molecular flexibility index (Phi) is 4.84. The highest BCUT2D eigenvalue weighted by molar-refractivity contribution is 7.13. The summed E-state index contributed by atoms with van der Waals surface area (Å²) in [5, 5.41) is 6.25. The Balaban J connectivity index is 1.63. The van der Waals surface area contributed by atoms with Crippen LogP contribution in [0.5, 0.6) is 0 Å². The summed E-state index contributed by atoms with van der Waals surface area (Å²) in [5.74, 6) is 0.303. The van der Waals surface area contributed by atoms with E-state index in [-0.39, 0.29) is 17.8 Å². The lowest BCUT2D eigenvalue weighted by Crippen LogP contribution is -2.35. The van der Waals surface area contributed by atoms with Crippen molar-refractivity contribution < 1.29 is 13.7 Å². The Hall–Kier alpha value is -2.47. The molecule has 134 valence electrons. The van der Waals surface area contributed by atoms with Crippen molar-refractivity contribution in [1.82, 2.24) is 10.1 Å². The van der Waals surface area contributed by atoms with Crippen LogP contribution in [0.1, 0.15) is 47.8 Å². The van der Waals surface area contributed by atoms with Gasteiger partial charge in [-0.3, -0.25) is 4.79 Å². The predicted octanol–water partition coefficient (Wildman–Crippen LogP) is 5.30. The fourth-order valence-corrected chi connectivity index (χ4v) is 4.07. The zero-order valence-corrected chi connectivity index (χ0v) is 15.0. The summed E-state index contributed by atoms with van der Waals surface area (Å²) < 4.78 is 18.7. The van der Waals surface area contributed by atoms with Crippen molar-refractivity contribution in [3.8, 4) is 10.6 Å². The minimum Gasteiger partial charge on any atom is -0.355 e. The van der Waals surface area contributed by atoms with Crippen LogP contribution in [0.2, 0.25) is 0 Å². The lowest BCUT2D eigenvalue weighted by Gasteiger charge is -2.28. The molecule has 1 fully saturated rings. The van der Waals surface area contributed by atoms with E-state index in [1.807, 2.05) is 28.5 Å². The second-order valence-electron chi connectivity index (χ2n) is 6.46. The molecule has 1 unspecified atom stereocenters. The SMILES string of the molecule is O=C(c1ccc(F)cc1)N1CCCCCC1c1cc(-c2cccs2)on1. The second-order valence-corrected chi connectivity index (χ2v) is 7.41. The first kappa shape index (κ1) is 17.0. The Morgan fingerprint density at radius 3 is 2.81 bits per heavy atom. The maximum atomic E-state index is 13.2. The summed E-state index contributed by atoms with van der Waals surface area (Å²) >= 11 is 1.60. The third-order valence-electron chi connectivity index (χ3n) is 4.74. The number of carbonyl (C=O) groups is 1. The van der Waals surface area contributed by atoms with Gasteiger partial charge in [0.05, 0.1) is 10.9 Å². The number of benzene rings is 1. The van der Waals surface area contributed by atoms with Gasteiger partial charge in [0, 0.05) is 18.2 Å². The molecule has 4 rings (SSSR count). The van der Waals surface area contributed by atoms with E-state index in [0.717, 1.165) is 42.0 Å². The molecule has 1 aromatic carbocycles. The Bertz CT molecular complexity index is 874. The Morgan fingerprint density at radius 1 is 1.19 bits per heavy atom. The van der Waals surface area contributed by atoms with Crippen LogP contribution in [0.3, 0.4) is 0 Å². The van der Waals surface area contributed by atoms with Crippen molar-refractivity contribution >= 4 is 17.2 Å². The van der Waals surface area contributed by atoms with Crippen LogP contribution in [-0.2, 0) is 0 Å². The number of hydrogen-bond donors (Lipinski definition) is 0. The fourth-order valence-electron chi connectivity index (χ4n) is 3.40. The lowest BCUT2D eigenvalue weighted by atomic mass is 10.0. The van der Waals surface area contributed by atoms with Gasteiger partial charge in [0.15, 0.2) is 5.76 Å². The molecule has 4 nitrogen and oxygen atoms in total. The molecule has 2 aromatic heterocycles. The van der Waals surface area contributed by atoms with Gasteiger partial charge in [-0.05, 0) is 48.6 Å². The molecule has 0 radical (unpaired) electrons. The molecule has 1 saturated heterocycles. The molecule has 6 heteroatoms. The number of aromatic nitrogens is 1. The predicted molar refractivity (Wildman–Crippen MR) is 98.5 cm³/mol. The van der Waals surface area contributed by atoms with Crippen molar-refractivity contribution in [2.75, 3.05) is 6.54 Å². The van der Waals surface area contributed by atoms with Crippen LogP contribution >= 0.6 is 11.3 Å². The number of halogens is 1. The monoisotopic (exact) mass is 370 g/mol. The van der Waals surface area contributed by atoms with E-state index in [0.29, 0.717) is 12.1 Å². The molecule has 1 amide bonds. The molecule has 3 heterocycles. The zero-order chi connectivity index (χ0) is 17.9. The minimum atomic E-state index is -0.342. The Labute approximate surface area is 155 Å². The standard InChI is InChI=1S/C20H19FN2O2S/c21-15-9-7-14(8-10-15)20(24)23-11-3-1-2-5-17(23)16-13-18(25-22-16)19-6-4-12-26-19/h4,6-10,12-13,17H,1-3,5,11H2. The molecule has 0 saturated carbocycles. The molecule has 26 heavy (non-hydrogen) atoms. The summed E-state index contributed by atoms with van der Waals surface area (Å²) in [6, 6.07) is 11.5. The summed E-state index contributed by atoms with van der Waals surface area (Å²) in [6.45, 7) is 0.669. The average molecular weight is 370 g/mol. The average Bonchev–Trinajstić information content (AvgIpc) is 3.29. The van der Waals surface area contributed by atoms with Gasteiger partial charge in [0.1, 0.15) is 11.5 Å². The summed E-state index contributed by atoms with van der Waals surface area (Å²) in [4.78, 5) is 15.9. The molecular weight excluding hydrogens is 351 g/mol. The normalized spacial score (nSPS) is 17.9. The highest BCUT2D eigenvalue weighted by atomic mass is 32.1. The quantitative estimate of drug-likeness (QED) is 0.628. The van der Waals surface area contributed by atoms with Crippen molar-refractivity contribution in [3.05, 3.63) is 64.9 Å². The maximum Gasteiger partial charge on any atom is 0.254 e. The topological polar surface area (TPSA) is 46.3 Å². The zero-order valence-electron chi connectivity index (χ0n) is 14.2. The third-order valence-corrected chi connectivity index (χ3v) is 5.62. The first-order chi connectivity index (χ1) is 12.7. The first-order valence-corrected chi connectivity index (χ1v) is 9.67. The van der Waals surface area contributed by atoms with E-state index in [9.17, 15) is 9.18 Å². The van der Waals surface area contributed by atoms with E-state index < -0.39 is 0 Å². The maximum absolute atomic E-state index is 13.2. The van der Waals surface area contributed by atoms with Gasteiger partial charge in [0.25, 0.3) is 5.91 Å². The molecule has 1 aliphatic rings. The molecule has 0 N–H and O–H groups in total. The number of likely N-dealkylation sites (tertiary alicyclic amines) is 1.